The number of hydrogen-bond donors (Lipinski definition) is 2. The Kier molecular flexibility index (Phi) is 4.35. The Morgan fingerprint density at radius 3 is 2.38 bits per heavy atom. The van der Waals surface area contributed by atoms with Crippen molar-refractivity contribution >= 4 is 22.1 Å². The van der Waals surface area contributed by atoms with Crippen LogP contribution in [0.25, 0.3) is 5.69 Å². The van der Waals surface area contributed by atoms with Crippen molar-refractivity contribution in [3.8, 4) is 11.6 Å². The zero-order valence-electron chi connectivity index (χ0n) is 16.3. The van der Waals surface area contributed by atoms with Crippen LogP contribution in [0, 0.1) is 24.7 Å². The highest BCUT2D eigenvalue weighted by Gasteiger charge is 2.50. The minimum atomic E-state index is -0.666. The van der Waals surface area contributed by atoms with E-state index in [9.17, 15) is 14.7 Å². The standard InChI is InChI=1S/C22H24BrN3O3/c1-12-4-16(2-3-18(12)23)26-20(28)17(19(27)25-21(26)29)11-24-22-8-13-5-14(9-22)7-15(6-13)10-22/h2-4,11,13-15,28H,5-10H2,1H3,(H,25,27,29). The maximum atomic E-state index is 12.5. The van der Waals surface area contributed by atoms with Crippen molar-refractivity contribution in [3.05, 3.63) is 54.6 Å². The first-order chi connectivity index (χ1) is 13.8. The van der Waals surface area contributed by atoms with E-state index in [1.54, 1.807) is 12.1 Å². The number of H-pyrrole nitrogens is 1. The number of aromatic nitrogens is 2. The molecule has 1 aromatic heterocycles. The molecule has 0 atom stereocenters. The quantitative estimate of drug-likeness (QED) is 0.688. The normalized spacial score (nSPS) is 30.3. The molecule has 2 N–H and O–H groups in total. The van der Waals surface area contributed by atoms with Gasteiger partial charge in [-0.25, -0.2) is 9.36 Å². The van der Waals surface area contributed by atoms with Crippen molar-refractivity contribution in [2.75, 3.05) is 0 Å². The van der Waals surface area contributed by atoms with Crippen molar-refractivity contribution in [1.82, 2.24) is 9.55 Å². The summed E-state index contributed by atoms with van der Waals surface area (Å²) in [5, 5.41) is 10.8. The molecule has 4 bridgehead atoms. The Bertz CT molecular complexity index is 1100. The minimum Gasteiger partial charge on any atom is -0.493 e. The zero-order valence-corrected chi connectivity index (χ0v) is 17.9. The van der Waals surface area contributed by atoms with Crippen molar-refractivity contribution < 1.29 is 5.11 Å². The lowest BCUT2D eigenvalue weighted by atomic mass is 9.53. The first-order valence-corrected chi connectivity index (χ1v) is 11.0. The summed E-state index contributed by atoms with van der Waals surface area (Å²) in [5.74, 6) is 1.86. The predicted molar refractivity (Wildman–Crippen MR) is 115 cm³/mol. The molecular formula is C22H24BrN3O3. The molecule has 2 aromatic rings. The third-order valence-electron chi connectivity index (χ3n) is 6.99. The van der Waals surface area contributed by atoms with Gasteiger partial charge in [0.2, 0.25) is 5.88 Å². The summed E-state index contributed by atoms with van der Waals surface area (Å²) in [4.78, 5) is 32.1. The van der Waals surface area contributed by atoms with E-state index in [2.05, 4.69) is 20.9 Å². The molecule has 0 aliphatic heterocycles. The van der Waals surface area contributed by atoms with Gasteiger partial charge in [-0.05, 0) is 87.0 Å². The van der Waals surface area contributed by atoms with Crippen molar-refractivity contribution in [2.45, 2.75) is 51.0 Å². The number of benzene rings is 1. The molecule has 0 radical (unpaired) electrons. The van der Waals surface area contributed by atoms with Gasteiger partial charge in [-0.3, -0.25) is 14.8 Å². The van der Waals surface area contributed by atoms with Gasteiger partial charge in [-0.1, -0.05) is 15.9 Å². The lowest BCUT2D eigenvalue weighted by Gasteiger charge is -2.54. The molecule has 0 saturated heterocycles. The monoisotopic (exact) mass is 457 g/mol. The molecule has 4 aliphatic carbocycles. The van der Waals surface area contributed by atoms with Crippen molar-refractivity contribution in [1.29, 1.82) is 0 Å². The highest BCUT2D eigenvalue weighted by atomic mass is 79.9. The van der Waals surface area contributed by atoms with Gasteiger partial charge >= 0.3 is 5.69 Å². The van der Waals surface area contributed by atoms with Gasteiger partial charge in [0.1, 0.15) is 5.56 Å². The van der Waals surface area contributed by atoms with Crippen LogP contribution in [0.2, 0.25) is 0 Å². The molecule has 29 heavy (non-hydrogen) atoms. The van der Waals surface area contributed by atoms with Crippen LogP contribution in [0.15, 0.2) is 37.3 Å². The van der Waals surface area contributed by atoms with E-state index in [0.29, 0.717) is 5.69 Å². The summed E-state index contributed by atoms with van der Waals surface area (Å²) in [7, 11) is 0. The number of rotatable bonds is 3. The summed E-state index contributed by atoms with van der Waals surface area (Å²) >= 11 is 3.44. The minimum absolute atomic E-state index is 0.0425. The van der Waals surface area contributed by atoms with Gasteiger partial charge in [0.25, 0.3) is 5.56 Å². The summed E-state index contributed by atoms with van der Waals surface area (Å²) < 4.78 is 2.03. The van der Waals surface area contributed by atoms with Gasteiger partial charge in [0.05, 0.1) is 11.2 Å². The first-order valence-electron chi connectivity index (χ1n) is 10.2. The third kappa shape index (κ3) is 3.19. The summed E-state index contributed by atoms with van der Waals surface area (Å²) in [6.07, 6.45) is 8.65. The molecule has 0 unspecified atom stereocenters. The summed E-state index contributed by atoms with van der Waals surface area (Å²) in [5.41, 5.74) is 0.0776. The van der Waals surface area contributed by atoms with Crippen molar-refractivity contribution in [3.63, 3.8) is 0 Å². The predicted octanol–water partition coefficient (Wildman–Crippen LogP) is 3.69. The van der Waals surface area contributed by atoms with E-state index < -0.39 is 11.2 Å². The highest BCUT2D eigenvalue weighted by Crippen LogP contribution is 2.57. The van der Waals surface area contributed by atoms with E-state index in [1.165, 1.54) is 25.5 Å². The molecule has 1 aromatic carbocycles. The molecule has 4 aliphatic rings. The molecule has 6 rings (SSSR count). The van der Waals surface area contributed by atoms with E-state index >= 15 is 0 Å². The smallest absolute Gasteiger partial charge is 0.335 e. The Morgan fingerprint density at radius 2 is 1.79 bits per heavy atom. The number of aryl methyl sites for hydroxylation is 1. The lowest BCUT2D eigenvalue weighted by molar-refractivity contribution is 0.00194. The highest BCUT2D eigenvalue weighted by molar-refractivity contribution is 9.10. The van der Waals surface area contributed by atoms with Gasteiger partial charge in [0, 0.05) is 10.7 Å². The molecule has 6 nitrogen and oxygen atoms in total. The Hall–Kier alpha value is -2.15. The largest absolute Gasteiger partial charge is 0.493 e. The number of aromatic hydroxyl groups is 1. The topological polar surface area (TPSA) is 87.4 Å². The average Bonchev–Trinajstić information content (AvgIpc) is 2.63. The van der Waals surface area contributed by atoms with Crippen LogP contribution in [0.3, 0.4) is 0 Å². The number of nitrogens with one attached hydrogen (secondary N) is 1. The lowest BCUT2D eigenvalue weighted by Crippen LogP contribution is -2.49. The van der Waals surface area contributed by atoms with E-state index in [4.69, 9.17) is 4.99 Å². The third-order valence-corrected chi connectivity index (χ3v) is 7.88. The van der Waals surface area contributed by atoms with Gasteiger partial charge in [0.15, 0.2) is 0 Å². The van der Waals surface area contributed by atoms with Crippen LogP contribution >= 0.6 is 15.9 Å². The van der Waals surface area contributed by atoms with Crippen LogP contribution in [-0.4, -0.2) is 26.4 Å². The molecular weight excluding hydrogens is 434 g/mol. The second kappa shape index (κ2) is 6.69. The Labute approximate surface area is 176 Å². The van der Waals surface area contributed by atoms with Gasteiger partial charge < -0.3 is 5.11 Å². The number of aromatic amines is 1. The molecule has 4 saturated carbocycles. The Morgan fingerprint density at radius 1 is 1.17 bits per heavy atom. The number of aliphatic imine (C=N–C) groups is 1. The first kappa shape index (κ1) is 18.9. The molecule has 4 fully saturated rings. The second-order valence-electron chi connectivity index (χ2n) is 9.17. The van der Waals surface area contributed by atoms with Crippen molar-refractivity contribution in [2.24, 2.45) is 22.7 Å². The maximum Gasteiger partial charge on any atom is 0.335 e. The molecule has 7 heteroatoms. The van der Waals surface area contributed by atoms with Crippen LogP contribution in [0.4, 0.5) is 0 Å². The zero-order chi connectivity index (χ0) is 20.3. The SMILES string of the molecule is Cc1cc(-n2c(O)c(C=NC34CC5CC(CC(C5)C3)C4)c(=O)[nH]c2=O)ccc1Br. The fourth-order valence-electron chi connectivity index (χ4n) is 6.09. The van der Waals surface area contributed by atoms with E-state index in [0.717, 1.165) is 51.6 Å². The molecule has 0 amide bonds. The van der Waals surface area contributed by atoms with Crippen LogP contribution in [0.5, 0.6) is 5.88 Å². The van der Waals surface area contributed by atoms with E-state index in [1.807, 2.05) is 13.0 Å². The Balaban J connectivity index is 1.56. The van der Waals surface area contributed by atoms with Gasteiger partial charge in [-0.2, -0.15) is 0 Å². The van der Waals surface area contributed by atoms with Crippen LogP contribution in [-0.2, 0) is 0 Å². The molecule has 0 spiro atoms. The summed E-state index contributed by atoms with van der Waals surface area (Å²) in [6.45, 7) is 1.90. The number of nitrogens with zero attached hydrogens (tertiary/aromatic N) is 2. The number of halogens is 1. The summed E-state index contributed by atoms with van der Waals surface area (Å²) in [6, 6.07) is 5.31. The van der Waals surface area contributed by atoms with Crippen LogP contribution < -0.4 is 11.2 Å². The van der Waals surface area contributed by atoms with E-state index in [-0.39, 0.29) is 17.0 Å². The maximum absolute atomic E-state index is 12.5. The molecule has 1 heterocycles. The number of hydrogen-bond acceptors (Lipinski definition) is 4. The van der Waals surface area contributed by atoms with Crippen LogP contribution in [0.1, 0.15) is 49.7 Å². The van der Waals surface area contributed by atoms with Gasteiger partial charge in [-0.15, -0.1) is 0 Å². The molecule has 152 valence electrons. The second-order valence-corrected chi connectivity index (χ2v) is 10.0. The fourth-order valence-corrected chi connectivity index (χ4v) is 6.33. The average molecular weight is 458 g/mol. The fraction of sp³-hybridized carbons (Fsp3) is 0.500.